The van der Waals surface area contributed by atoms with E-state index in [1.165, 1.54) is 6.42 Å². The monoisotopic (exact) mass is 238 g/mol. The molecule has 0 saturated carbocycles. The van der Waals surface area contributed by atoms with Crippen molar-refractivity contribution in [3.63, 3.8) is 0 Å². The molecule has 98 valence electrons. The Labute approximate surface area is 105 Å². The molecule has 2 fully saturated rings. The SMILES string of the molecule is CCC1(C(=O)N2CC(C)CC2C)CCCNC1. The predicted octanol–water partition coefficient (Wildman–Crippen LogP) is 2.02. The van der Waals surface area contributed by atoms with E-state index in [1.807, 2.05) is 0 Å². The highest BCUT2D eigenvalue weighted by molar-refractivity contribution is 5.83. The lowest BCUT2D eigenvalue weighted by Gasteiger charge is -2.39. The van der Waals surface area contributed by atoms with E-state index < -0.39 is 0 Å². The molecule has 3 nitrogen and oxygen atoms in total. The Kier molecular flexibility index (Phi) is 3.76. The van der Waals surface area contributed by atoms with Crippen LogP contribution in [0.2, 0.25) is 0 Å². The Balaban J connectivity index is 2.11. The normalized spacial score (nSPS) is 38.4. The minimum Gasteiger partial charge on any atom is -0.339 e. The quantitative estimate of drug-likeness (QED) is 0.798. The Morgan fingerprint density at radius 1 is 1.47 bits per heavy atom. The molecule has 0 radical (unpaired) electrons. The third-order valence-electron chi connectivity index (χ3n) is 4.65. The molecule has 2 saturated heterocycles. The fourth-order valence-electron chi connectivity index (χ4n) is 3.49. The molecule has 3 atom stereocenters. The van der Waals surface area contributed by atoms with Gasteiger partial charge in [-0.2, -0.15) is 0 Å². The number of nitrogens with zero attached hydrogens (tertiary/aromatic N) is 1. The minimum absolute atomic E-state index is 0.115. The summed E-state index contributed by atoms with van der Waals surface area (Å²) in [5.74, 6) is 1.07. The van der Waals surface area contributed by atoms with Gasteiger partial charge in [-0.25, -0.2) is 0 Å². The summed E-state index contributed by atoms with van der Waals surface area (Å²) in [6.45, 7) is 9.51. The molecule has 3 heteroatoms. The molecular weight excluding hydrogens is 212 g/mol. The van der Waals surface area contributed by atoms with Gasteiger partial charge in [-0.1, -0.05) is 13.8 Å². The summed E-state index contributed by atoms with van der Waals surface area (Å²) in [4.78, 5) is 14.9. The highest BCUT2D eigenvalue weighted by Gasteiger charge is 2.43. The van der Waals surface area contributed by atoms with Crippen LogP contribution >= 0.6 is 0 Å². The van der Waals surface area contributed by atoms with Crippen LogP contribution in [0.15, 0.2) is 0 Å². The third-order valence-corrected chi connectivity index (χ3v) is 4.65. The number of amides is 1. The molecule has 0 aromatic rings. The first-order valence-electron chi connectivity index (χ1n) is 7.11. The van der Waals surface area contributed by atoms with Crippen molar-refractivity contribution in [3.8, 4) is 0 Å². The summed E-state index contributed by atoms with van der Waals surface area (Å²) < 4.78 is 0. The molecule has 0 aromatic heterocycles. The summed E-state index contributed by atoms with van der Waals surface area (Å²) in [6, 6.07) is 0.433. The molecule has 0 aliphatic carbocycles. The van der Waals surface area contributed by atoms with Gasteiger partial charge in [0.1, 0.15) is 0 Å². The topological polar surface area (TPSA) is 32.3 Å². The summed E-state index contributed by atoms with van der Waals surface area (Å²) in [5.41, 5.74) is -0.115. The molecule has 3 unspecified atom stereocenters. The Morgan fingerprint density at radius 3 is 2.71 bits per heavy atom. The largest absolute Gasteiger partial charge is 0.339 e. The van der Waals surface area contributed by atoms with E-state index in [0.29, 0.717) is 17.9 Å². The molecule has 2 rings (SSSR count). The van der Waals surface area contributed by atoms with Crippen LogP contribution in [0.3, 0.4) is 0 Å². The van der Waals surface area contributed by atoms with Crippen molar-refractivity contribution >= 4 is 5.91 Å². The van der Waals surface area contributed by atoms with Gasteiger partial charge in [0.05, 0.1) is 5.41 Å². The molecule has 1 amide bonds. The van der Waals surface area contributed by atoms with Gasteiger partial charge in [0.25, 0.3) is 0 Å². The van der Waals surface area contributed by atoms with E-state index in [0.717, 1.165) is 38.9 Å². The van der Waals surface area contributed by atoms with Crippen LogP contribution in [-0.2, 0) is 4.79 Å². The average Bonchev–Trinajstić information content (AvgIpc) is 2.68. The molecule has 2 aliphatic rings. The fraction of sp³-hybridized carbons (Fsp3) is 0.929. The van der Waals surface area contributed by atoms with E-state index in [-0.39, 0.29) is 5.41 Å². The summed E-state index contributed by atoms with van der Waals surface area (Å²) in [5, 5.41) is 3.41. The second kappa shape index (κ2) is 4.97. The number of carbonyl (C=O) groups is 1. The van der Waals surface area contributed by atoms with E-state index in [2.05, 4.69) is 31.0 Å². The minimum atomic E-state index is -0.115. The van der Waals surface area contributed by atoms with Crippen molar-refractivity contribution in [1.82, 2.24) is 10.2 Å². The van der Waals surface area contributed by atoms with Crippen molar-refractivity contribution in [2.24, 2.45) is 11.3 Å². The third kappa shape index (κ3) is 2.35. The molecule has 0 aromatic carbocycles. The van der Waals surface area contributed by atoms with E-state index >= 15 is 0 Å². The zero-order valence-electron chi connectivity index (χ0n) is 11.5. The van der Waals surface area contributed by atoms with Crippen LogP contribution in [0.25, 0.3) is 0 Å². The molecule has 0 spiro atoms. The molecule has 1 N–H and O–H groups in total. The number of nitrogens with one attached hydrogen (secondary N) is 1. The van der Waals surface area contributed by atoms with Crippen molar-refractivity contribution in [2.75, 3.05) is 19.6 Å². The van der Waals surface area contributed by atoms with E-state index in [9.17, 15) is 4.79 Å². The first-order valence-corrected chi connectivity index (χ1v) is 7.11. The Hall–Kier alpha value is -0.570. The highest BCUT2D eigenvalue weighted by Crippen LogP contribution is 2.35. The maximum Gasteiger partial charge on any atom is 0.230 e. The van der Waals surface area contributed by atoms with Gasteiger partial charge in [-0.05, 0) is 45.1 Å². The number of rotatable bonds is 2. The van der Waals surface area contributed by atoms with Crippen LogP contribution in [0, 0.1) is 11.3 Å². The molecule has 17 heavy (non-hydrogen) atoms. The van der Waals surface area contributed by atoms with Gasteiger partial charge in [-0.15, -0.1) is 0 Å². The maximum atomic E-state index is 12.8. The van der Waals surface area contributed by atoms with Crippen LogP contribution in [-0.4, -0.2) is 36.5 Å². The smallest absolute Gasteiger partial charge is 0.230 e. The predicted molar refractivity (Wildman–Crippen MR) is 69.8 cm³/mol. The van der Waals surface area contributed by atoms with Crippen molar-refractivity contribution in [2.45, 2.75) is 52.5 Å². The summed E-state index contributed by atoms with van der Waals surface area (Å²) >= 11 is 0. The molecule has 2 aliphatic heterocycles. The summed E-state index contributed by atoms with van der Waals surface area (Å²) in [7, 11) is 0. The highest BCUT2D eigenvalue weighted by atomic mass is 16.2. The van der Waals surface area contributed by atoms with E-state index in [4.69, 9.17) is 0 Å². The van der Waals surface area contributed by atoms with E-state index in [1.54, 1.807) is 0 Å². The summed E-state index contributed by atoms with van der Waals surface area (Å²) in [6.07, 6.45) is 4.33. The van der Waals surface area contributed by atoms with Gasteiger partial charge in [-0.3, -0.25) is 4.79 Å². The number of hydrogen-bond acceptors (Lipinski definition) is 2. The number of hydrogen-bond donors (Lipinski definition) is 1. The van der Waals surface area contributed by atoms with Crippen LogP contribution in [0.1, 0.15) is 46.5 Å². The Morgan fingerprint density at radius 2 is 2.24 bits per heavy atom. The molecule has 0 bridgehead atoms. The maximum absolute atomic E-state index is 12.8. The average molecular weight is 238 g/mol. The lowest BCUT2D eigenvalue weighted by atomic mass is 9.77. The number of piperidine rings is 1. The first-order chi connectivity index (χ1) is 8.09. The van der Waals surface area contributed by atoms with Crippen molar-refractivity contribution in [3.05, 3.63) is 0 Å². The second-order valence-corrected chi connectivity index (χ2v) is 6.06. The van der Waals surface area contributed by atoms with Gasteiger partial charge in [0, 0.05) is 19.1 Å². The molecule has 2 heterocycles. The van der Waals surface area contributed by atoms with Crippen LogP contribution in [0.4, 0.5) is 0 Å². The standard InChI is InChI=1S/C14H26N2O/c1-4-14(6-5-7-15-10-14)13(17)16-9-11(2)8-12(16)3/h11-12,15H,4-10H2,1-3H3. The van der Waals surface area contributed by atoms with Crippen LogP contribution < -0.4 is 5.32 Å². The van der Waals surface area contributed by atoms with Crippen LogP contribution in [0.5, 0.6) is 0 Å². The zero-order chi connectivity index (χ0) is 12.5. The zero-order valence-corrected chi connectivity index (χ0v) is 11.5. The van der Waals surface area contributed by atoms with Gasteiger partial charge in [0.2, 0.25) is 5.91 Å². The number of carbonyl (C=O) groups excluding carboxylic acids is 1. The lowest BCUT2D eigenvalue weighted by Crippen LogP contribution is -2.52. The Bertz CT molecular complexity index is 284. The lowest BCUT2D eigenvalue weighted by molar-refractivity contribution is -0.144. The first kappa shape index (κ1) is 12.9. The van der Waals surface area contributed by atoms with Gasteiger partial charge < -0.3 is 10.2 Å². The second-order valence-electron chi connectivity index (χ2n) is 6.06. The number of likely N-dealkylation sites (tertiary alicyclic amines) is 1. The molecular formula is C14H26N2O. The van der Waals surface area contributed by atoms with Gasteiger partial charge in [0.15, 0.2) is 0 Å². The van der Waals surface area contributed by atoms with Crippen molar-refractivity contribution in [1.29, 1.82) is 0 Å². The van der Waals surface area contributed by atoms with Crippen molar-refractivity contribution < 1.29 is 4.79 Å². The fourth-order valence-corrected chi connectivity index (χ4v) is 3.49. The van der Waals surface area contributed by atoms with Gasteiger partial charge >= 0.3 is 0 Å².